The molecule has 4 heteroatoms. The molecule has 0 saturated carbocycles. The van der Waals surface area contributed by atoms with Crippen LogP contribution in [0.15, 0.2) is 24.3 Å². The fourth-order valence-corrected chi connectivity index (χ4v) is 1.83. The van der Waals surface area contributed by atoms with Gasteiger partial charge in [-0.25, -0.2) is 0 Å². The summed E-state index contributed by atoms with van der Waals surface area (Å²) in [6.45, 7) is 3.86. The number of nitrogens with zero attached hydrogens (tertiary/aromatic N) is 1. The molecule has 0 heterocycles. The first-order valence-corrected chi connectivity index (χ1v) is 6.70. The van der Waals surface area contributed by atoms with Gasteiger partial charge in [-0.3, -0.25) is 0 Å². The van der Waals surface area contributed by atoms with E-state index < -0.39 is 0 Å². The van der Waals surface area contributed by atoms with Gasteiger partial charge >= 0.3 is 0 Å². The lowest BCUT2D eigenvalue weighted by molar-refractivity contribution is 0.397. The summed E-state index contributed by atoms with van der Waals surface area (Å²) in [7, 11) is 3.68. The number of nitrogens with one attached hydrogen (secondary N) is 1. The minimum Gasteiger partial charge on any atom is -0.496 e. The highest BCUT2D eigenvalue weighted by Gasteiger charge is 2.07. The summed E-state index contributed by atoms with van der Waals surface area (Å²) in [5.41, 5.74) is 1.14. The summed E-state index contributed by atoms with van der Waals surface area (Å²) in [4.78, 5) is 2.03. The molecule has 0 saturated heterocycles. The zero-order valence-corrected chi connectivity index (χ0v) is 12.2. The van der Waals surface area contributed by atoms with Crippen LogP contribution in [0.1, 0.15) is 25.3 Å². The Labute approximate surface area is 115 Å². The van der Waals surface area contributed by atoms with E-state index in [9.17, 15) is 0 Å². The lowest BCUT2D eigenvalue weighted by atomic mass is 10.2. The third-order valence-corrected chi connectivity index (χ3v) is 3.21. The van der Waals surface area contributed by atoms with Gasteiger partial charge in [0.2, 0.25) is 0 Å². The molecule has 1 aromatic carbocycles. The van der Waals surface area contributed by atoms with Crippen molar-refractivity contribution in [3.05, 3.63) is 29.8 Å². The van der Waals surface area contributed by atoms with Crippen molar-refractivity contribution in [2.45, 2.75) is 26.3 Å². The van der Waals surface area contributed by atoms with Gasteiger partial charge in [-0.05, 0) is 24.7 Å². The van der Waals surface area contributed by atoms with Gasteiger partial charge in [0.25, 0.3) is 0 Å². The minimum absolute atomic E-state index is 0.752. The van der Waals surface area contributed by atoms with Crippen LogP contribution in [-0.2, 0) is 6.54 Å². The third-order valence-electron chi connectivity index (χ3n) is 2.75. The van der Waals surface area contributed by atoms with Crippen LogP contribution in [0.2, 0.25) is 0 Å². The second kappa shape index (κ2) is 7.93. The van der Waals surface area contributed by atoms with Crippen LogP contribution in [0.5, 0.6) is 5.75 Å². The highest BCUT2D eigenvalue weighted by molar-refractivity contribution is 7.80. The second-order valence-corrected chi connectivity index (χ2v) is 4.64. The molecule has 1 aromatic rings. The molecule has 0 spiro atoms. The van der Waals surface area contributed by atoms with E-state index in [1.165, 1.54) is 6.42 Å². The SMILES string of the molecule is CCCCNC(=S)N(C)Cc1ccccc1OC. The molecular weight excluding hydrogens is 244 g/mol. The largest absolute Gasteiger partial charge is 0.496 e. The number of unbranched alkanes of at least 4 members (excludes halogenated alkanes) is 1. The van der Waals surface area contributed by atoms with Crippen molar-refractivity contribution in [1.29, 1.82) is 0 Å². The lowest BCUT2D eigenvalue weighted by Gasteiger charge is -2.22. The Morgan fingerprint density at radius 1 is 1.39 bits per heavy atom. The van der Waals surface area contributed by atoms with Crippen LogP contribution in [0, 0.1) is 0 Å². The Bertz CT molecular complexity index is 382. The molecule has 0 atom stereocenters. The molecule has 1 rings (SSSR count). The Morgan fingerprint density at radius 3 is 2.78 bits per heavy atom. The summed E-state index contributed by atoms with van der Waals surface area (Å²) in [6, 6.07) is 8.01. The summed E-state index contributed by atoms with van der Waals surface area (Å²) >= 11 is 5.34. The molecule has 0 bridgehead atoms. The number of methoxy groups -OCH3 is 1. The molecule has 0 amide bonds. The molecule has 3 nitrogen and oxygen atoms in total. The van der Waals surface area contributed by atoms with Crippen molar-refractivity contribution in [1.82, 2.24) is 10.2 Å². The number of ether oxygens (including phenoxy) is 1. The first-order chi connectivity index (χ1) is 8.69. The molecule has 0 aromatic heterocycles. The Kier molecular flexibility index (Phi) is 6.50. The smallest absolute Gasteiger partial charge is 0.168 e. The standard InChI is InChI=1S/C14H22N2OS/c1-4-5-10-15-14(18)16(2)11-12-8-6-7-9-13(12)17-3/h6-9H,4-5,10-11H2,1-3H3,(H,15,18). The van der Waals surface area contributed by atoms with E-state index >= 15 is 0 Å². The molecule has 0 unspecified atom stereocenters. The van der Waals surface area contributed by atoms with Gasteiger partial charge in [-0.1, -0.05) is 31.5 Å². The lowest BCUT2D eigenvalue weighted by Crippen LogP contribution is -2.37. The van der Waals surface area contributed by atoms with Crippen LogP contribution in [-0.4, -0.2) is 30.7 Å². The Morgan fingerprint density at radius 2 is 2.11 bits per heavy atom. The van der Waals surface area contributed by atoms with Crippen molar-refractivity contribution in [2.24, 2.45) is 0 Å². The maximum atomic E-state index is 5.34. The van der Waals surface area contributed by atoms with Gasteiger partial charge in [0, 0.05) is 25.7 Å². The van der Waals surface area contributed by atoms with Crippen LogP contribution in [0.4, 0.5) is 0 Å². The molecule has 1 N–H and O–H groups in total. The molecule has 0 aliphatic carbocycles. The fourth-order valence-electron chi connectivity index (χ4n) is 1.67. The fraction of sp³-hybridized carbons (Fsp3) is 0.500. The van der Waals surface area contributed by atoms with Crippen molar-refractivity contribution >= 4 is 17.3 Å². The summed E-state index contributed by atoms with van der Waals surface area (Å²) in [6.07, 6.45) is 2.31. The zero-order chi connectivity index (χ0) is 13.4. The molecular formula is C14H22N2OS. The van der Waals surface area contributed by atoms with Gasteiger partial charge in [0.1, 0.15) is 5.75 Å². The molecule has 0 aliphatic rings. The van der Waals surface area contributed by atoms with Crippen molar-refractivity contribution in [3.8, 4) is 5.75 Å². The van der Waals surface area contributed by atoms with Gasteiger partial charge in [-0.2, -0.15) is 0 Å². The van der Waals surface area contributed by atoms with Gasteiger partial charge in [-0.15, -0.1) is 0 Å². The topological polar surface area (TPSA) is 24.5 Å². The maximum Gasteiger partial charge on any atom is 0.168 e. The molecule has 0 radical (unpaired) electrons. The van der Waals surface area contributed by atoms with Crippen LogP contribution < -0.4 is 10.1 Å². The van der Waals surface area contributed by atoms with E-state index in [4.69, 9.17) is 17.0 Å². The molecule has 0 aliphatic heterocycles. The normalized spacial score (nSPS) is 9.94. The second-order valence-electron chi connectivity index (χ2n) is 4.25. The van der Waals surface area contributed by atoms with Crippen molar-refractivity contribution < 1.29 is 4.74 Å². The molecule has 0 fully saturated rings. The minimum atomic E-state index is 0.752. The van der Waals surface area contributed by atoms with E-state index in [0.717, 1.165) is 35.9 Å². The number of para-hydroxylation sites is 1. The van der Waals surface area contributed by atoms with E-state index in [0.29, 0.717) is 0 Å². The van der Waals surface area contributed by atoms with E-state index in [-0.39, 0.29) is 0 Å². The summed E-state index contributed by atoms with van der Waals surface area (Å²) in [5, 5.41) is 4.04. The monoisotopic (exact) mass is 266 g/mol. The van der Waals surface area contributed by atoms with Crippen LogP contribution in [0.3, 0.4) is 0 Å². The van der Waals surface area contributed by atoms with Crippen LogP contribution in [0.25, 0.3) is 0 Å². The first-order valence-electron chi connectivity index (χ1n) is 6.30. The predicted octanol–water partition coefficient (Wildman–Crippen LogP) is 2.80. The average Bonchev–Trinajstić information content (AvgIpc) is 2.39. The van der Waals surface area contributed by atoms with Crippen molar-refractivity contribution in [2.75, 3.05) is 20.7 Å². The number of hydrogen-bond donors (Lipinski definition) is 1. The average molecular weight is 266 g/mol. The van der Waals surface area contributed by atoms with E-state index in [2.05, 4.69) is 18.3 Å². The Balaban J connectivity index is 2.52. The van der Waals surface area contributed by atoms with Crippen LogP contribution >= 0.6 is 12.2 Å². The number of hydrogen-bond acceptors (Lipinski definition) is 2. The highest BCUT2D eigenvalue weighted by Crippen LogP contribution is 2.18. The highest BCUT2D eigenvalue weighted by atomic mass is 32.1. The molecule has 18 heavy (non-hydrogen) atoms. The van der Waals surface area contributed by atoms with Gasteiger partial charge in [0.15, 0.2) is 5.11 Å². The van der Waals surface area contributed by atoms with E-state index in [1.807, 2.05) is 30.1 Å². The first kappa shape index (κ1) is 14.8. The number of benzene rings is 1. The molecule has 100 valence electrons. The predicted molar refractivity (Wildman–Crippen MR) is 80.0 cm³/mol. The Hall–Kier alpha value is -1.29. The maximum absolute atomic E-state index is 5.34. The van der Waals surface area contributed by atoms with E-state index in [1.54, 1.807) is 7.11 Å². The summed E-state index contributed by atoms with van der Waals surface area (Å²) in [5.74, 6) is 0.903. The number of rotatable bonds is 6. The summed E-state index contributed by atoms with van der Waals surface area (Å²) < 4.78 is 5.33. The van der Waals surface area contributed by atoms with Gasteiger partial charge in [0.05, 0.1) is 7.11 Å². The quantitative estimate of drug-likeness (QED) is 0.632. The third kappa shape index (κ3) is 4.53. The van der Waals surface area contributed by atoms with Crippen molar-refractivity contribution in [3.63, 3.8) is 0 Å². The number of thiocarbonyl (C=S) groups is 1. The zero-order valence-electron chi connectivity index (χ0n) is 11.4. The van der Waals surface area contributed by atoms with Gasteiger partial charge < -0.3 is 15.0 Å².